The van der Waals surface area contributed by atoms with Crippen molar-refractivity contribution < 1.29 is 4.74 Å². The molecular weight excluding hydrogens is 180 g/mol. The van der Waals surface area contributed by atoms with Crippen molar-refractivity contribution in [2.75, 3.05) is 13.2 Å². The summed E-state index contributed by atoms with van der Waals surface area (Å²) < 4.78 is 7.17. The topological polar surface area (TPSA) is 52.0 Å². The minimum Gasteiger partial charge on any atom is -0.380 e. The Morgan fingerprint density at radius 1 is 1.71 bits per heavy atom. The first-order valence-corrected chi connectivity index (χ1v) is 5.01. The second kappa shape index (κ2) is 4.52. The van der Waals surface area contributed by atoms with Crippen molar-refractivity contribution in [3.63, 3.8) is 0 Å². The molecule has 0 aromatic carbocycles. The van der Waals surface area contributed by atoms with Crippen LogP contribution in [0.1, 0.15) is 18.5 Å². The first kappa shape index (κ1) is 9.61. The number of nitrogens with one attached hydrogen (secondary N) is 1. The Morgan fingerprint density at radius 3 is 3.29 bits per heavy atom. The summed E-state index contributed by atoms with van der Waals surface area (Å²) in [6, 6.07) is 0.485. The molecule has 1 N–H and O–H groups in total. The van der Waals surface area contributed by atoms with Gasteiger partial charge in [0.25, 0.3) is 0 Å². The summed E-state index contributed by atoms with van der Waals surface area (Å²) in [7, 11) is 1.90. The molecule has 0 amide bonds. The quantitative estimate of drug-likeness (QED) is 0.744. The summed E-state index contributed by atoms with van der Waals surface area (Å²) in [5.74, 6) is 0. The smallest absolute Gasteiger partial charge is 0.0738 e. The fourth-order valence-electron chi connectivity index (χ4n) is 1.62. The van der Waals surface area contributed by atoms with Crippen LogP contribution < -0.4 is 5.32 Å². The van der Waals surface area contributed by atoms with E-state index in [1.807, 2.05) is 7.05 Å². The SMILES string of the molecule is Cn1nncc1CN[C@H]1CCCOC1. The van der Waals surface area contributed by atoms with E-state index in [1.165, 1.54) is 6.42 Å². The largest absolute Gasteiger partial charge is 0.380 e. The first-order chi connectivity index (χ1) is 6.86. The van der Waals surface area contributed by atoms with E-state index in [0.717, 1.165) is 31.9 Å². The van der Waals surface area contributed by atoms with Crippen molar-refractivity contribution in [2.45, 2.75) is 25.4 Å². The third-order valence-corrected chi connectivity index (χ3v) is 2.54. The lowest BCUT2D eigenvalue weighted by Crippen LogP contribution is -2.36. The molecule has 1 aliphatic heterocycles. The average molecular weight is 196 g/mol. The van der Waals surface area contributed by atoms with Gasteiger partial charge < -0.3 is 10.1 Å². The van der Waals surface area contributed by atoms with Crippen LogP contribution in [0.25, 0.3) is 0 Å². The molecule has 2 heterocycles. The molecule has 1 aromatic heterocycles. The van der Waals surface area contributed by atoms with Crippen LogP contribution in [-0.4, -0.2) is 34.2 Å². The van der Waals surface area contributed by atoms with Crippen molar-refractivity contribution in [1.29, 1.82) is 0 Å². The molecule has 5 heteroatoms. The second-order valence-electron chi connectivity index (χ2n) is 3.64. The number of aryl methyl sites for hydroxylation is 1. The van der Waals surface area contributed by atoms with Gasteiger partial charge >= 0.3 is 0 Å². The number of hydrogen-bond donors (Lipinski definition) is 1. The van der Waals surface area contributed by atoms with Crippen LogP contribution in [-0.2, 0) is 18.3 Å². The van der Waals surface area contributed by atoms with Crippen LogP contribution in [0.4, 0.5) is 0 Å². The molecule has 78 valence electrons. The highest BCUT2D eigenvalue weighted by molar-refractivity contribution is 4.93. The molecule has 1 atom stereocenters. The molecule has 0 saturated carbocycles. The van der Waals surface area contributed by atoms with Gasteiger partial charge in [0, 0.05) is 26.2 Å². The number of hydrogen-bond acceptors (Lipinski definition) is 4. The molecule has 0 spiro atoms. The Bertz CT molecular complexity index is 280. The lowest BCUT2D eigenvalue weighted by atomic mass is 10.1. The maximum Gasteiger partial charge on any atom is 0.0738 e. The van der Waals surface area contributed by atoms with Crippen LogP contribution in [0, 0.1) is 0 Å². The van der Waals surface area contributed by atoms with Crippen molar-refractivity contribution in [1.82, 2.24) is 20.3 Å². The number of nitrogens with zero attached hydrogens (tertiary/aromatic N) is 3. The molecule has 1 aromatic rings. The van der Waals surface area contributed by atoms with Gasteiger partial charge in [-0.2, -0.15) is 0 Å². The van der Waals surface area contributed by atoms with E-state index in [4.69, 9.17) is 4.74 Å². The fraction of sp³-hybridized carbons (Fsp3) is 0.778. The van der Waals surface area contributed by atoms with E-state index in [9.17, 15) is 0 Å². The van der Waals surface area contributed by atoms with E-state index >= 15 is 0 Å². The van der Waals surface area contributed by atoms with Crippen LogP contribution >= 0.6 is 0 Å². The molecule has 0 aliphatic carbocycles. The van der Waals surface area contributed by atoms with Crippen LogP contribution in [0.2, 0.25) is 0 Å². The average Bonchev–Trinajstić information content (AvgIpc) is 2.63. The third-order valence-electron chi connectivity index (χ3n) is 2.54. The van der Waals surface area contributed by atoms with Crippen molar-refractivity contribution >= 4 is 0 Å². The maximum atomic E-state index is 5.38. The number of rotatable bonds is 3. The molecule has 1 saturated heterocycles. The summed E-state index contributed by atoms with van der Waals surface area (Å²) in [6.45, 7) is 2.55. The van der Waals surface area contributed by atoms with Crippen molar-refractivity contribution in [3.8, 4) is 0 Å². The van der Waals surface area contributed by atoms with Crippen LogP contribution in [0.15, 0.2) is 6.20 Å². The predicted octanol–water partition coefficient (Wildman–Crippen LogP) is 0.0837. The molecule has 1 aliphatic rings. The molecular formula is C9H16N4O. The lowest BCUT2D eigenvalue weighted by molar-refractivity contribution is 0.0697. The number of ether oxygens (including phenoxy) is 1. The molecule has 0 bridgehead atoms. The zero-order valence-corrected chi connectivity index (χ0v) is 8.44. The summed E-state index contributed by atoms with van der Waals surface area (Å²) in [4.78, 5) is 0. The highest BCUT2D eigenvalue weighted by Gasteiger charge is 2.13. The minimum absolute atomic E-state index is 0.485. The summed E-state index contributed by atoms with van der Waals surface area (Å²) in [6.07, 6.45) is 4.14. The van der Waals surface area contributed by atoms with Gasteiger partial charge in [0.05, 0.1) is 18.5 Å². The Labute approximate surface area is 83.4 Å². The Morgan fingerprint density at radius 2 is 2.64 bits per heavy atom. The zero-order chi connectivity index (χ0) is 9.80. The number of aromatic nitrogens is 3. The lowest BCUT2D eigenvalue weighted by Gasteiger charge is -2.22. The third kappa shape index (κ3) is 2.30. The monoisotopic (exact) mass is 196 g/mol. The molecule has 0 unspecified atom stereocenters. The molecule has 0 radical (unpaired) electrons. The molecule has 1 fully saturated rings. The Kier molecular flexibility index (Phi) is 3.10. The van der Waals surface area contributed by atoms with Gasteiger partial charge in [-0.15, -0.1) is 5.10 Å². The van der Waals surface area contributed by atoms with E-state index in [0.29, 0.717) is 6.04 Å². The van der Waals surface area contributed by atoms with Crippen LogP contribution in [0.5, 0.6) is 0 Å². The molecule has 5 nitrogen and oxygen atoms in total. The predicted molar refractivity (Wildman–Crippen MR) is 51.7 cm³/mol. The fourth-order valence-corrected chi connectivity index (χ4v) is 1.62. The maximum absolute atomic E-state index is 5.38. The van der Waals surface area contributed by atoms with Gasteiger partial charge in [-0.05, 0) is 12.8 Å². The zero-order valence-electron chi connectivity index (χ0n) is 8.44. The minimum atomic E-state index is 0.485. The van der Waals surface area contributed by atoms with E-state index in [1.54, 1.807) is 10.9 Å². The normalized spacial score (nSPS) is 22.5. The van der Waals surface area contributed by atoms with Gasteiger partial charge in [0.2, 0.25) is 0 Å². The van der Waals surface area contributed by atoms with Gasteiger partial charge in [0.15, 0.2) is 0 Å². The van der Waals surface area contributed by atoms with Gasteiger partial charge in [-0.25, -0.2) is 0 Å². The van der Waals surface area contributed by atoms with Crippen LogP contribution in [0.3, 0.4) is 0 Å². The Hall–Kier alpha value is -0.940. The second-order valence-corrected chi connectivity index (χ2v) is 3.64. The summed E-state index contributed by atoms with van der Waals surface area (Å²) >= 11 is 0. The standard InChI is InChI=1S/C9H16N4O/c1-13-9(6-11-12-13)5-10-8-3-2-4-14-7-8/h6,8,10H,2-5,7H2,1H3/t8-/m0/s1. The van der Waals surface area contributed by atoms with Gasteiger partial charge in [0.1, 0.15) is 0 Å². The summed E-state index contributed by atoms with van der Waals surface area (Å²) in [5.41, 5.74) is 1.11. The van der Waals surface area contributed by atoms with E-state index in [-0.39, 0.29) is 0 Å². The first-order valence-electron chi connectivity index (χ1n) is 5.01. The summed E-state index contributed by atoms with van der Waals surface area (Å²) in [5, 5.41) is 11.1. The van der Waals surface area contributed by atoms with E-state index < -0.39 is 0 Å². The highest BCUT2D eigenvalue weighted by atomic mass is 16.5. The molecule has 2 rings (SSSR count). The van der Waals surface area contributed by atoms with E-state index in [2.05, 4.69) is 15.6 Å². The van der Waals surface area contributed by atoms with Gasteiger partial charge in [-0.3, -0.25) is 4.68 Å². The highest BCUT2D eigenvalue weighted by Crippen LogP contribution is 2.06. The molecule has 14 heavy (non-hydrogen) atoms. The van der Waals surface area contributed by atoms with Crippen molar-refractivity contribution in [2.24, 2.45) is 7.05 Å². The van der Waals surface area contributed by atoms with Crippen molar-refractivity contribution in [3.05, 3.63) is 11.9 Å². The van der Waals surface area contributed by atoms with Gasteiger partial charge in [-0.1, -0.05) is 5.21 Å². The Balaban J connectivity index is 1.79.